The molecule has 3 rings (SSSR count). The Labute approximate surface area is 189 Å². The predicted molar refractivity (Wildman–Crippen MR) is 126 cm³/mol. The van der Waals surface area contributed by atoms with Crippen molar-refractivity contribution in [1.82, 2.24) is 10.2 Å². The summed E-state index contributed by atoms with van der Waals surface area (Å²) in [5, 5.41) is 24.4. The average Bonchev–Trinajstić information content (AvgIpc) is 3.45. The highest BCUT2D eigenvalue weighted by Gasteiger charge is 2.43. The van der Waals surface area contributed by atoms with E-state index in [1.807, 2.05) is 11.0 Å². The molecule has 1 heterocycles. The molecule has 1 amide bonds. The van der Waals surface area contributed by atoms with Crippen LogP contribution in [0.15, 0.2) is 23.8 Å². The number of nitrogens with one attached hydrogen (secondary N) is 1. The van der Waals surface area contributed by atoms with Crippen molar-refractivity contribution in [2.24, 2.45) is 23.7 Å². The summed E-state index contributed by atoms with van der Waals surface area (Å²) < 4.78 is 0. The topological polar surface area (TPSA) is 72.8 Å². The molecule has 0 aromatic heterocycles. The quantitative estimate of drug-likeness (QED) is 0.325. The smallest absolute Gasteiger partial charge is 0.223 e. The number of likely N-dealkylation sites (tertiary alicyclic amines) is 1. The van der Waals surface area contributed by atoms with Crippen molar-refractivity contribution in [2.75, 3.05) is 26.2 Å². The Kier molecular flexibility index (Phi) is 9.61. The van der Waals surface area contributed by atoms with Crippen molar-refractivity contribution in [3.05, 3.63) is 23.8 Å². The van der Waals surface area contributed by atoms with E-state index in [-0.39, 0.29) is 17.9 Å². The summed E-state index contributed by atoms with van der Waals surface area (Å²) >= 11 is 0. The van der Waals surface area contributed by atoms with Crippen LogP contribution in [0.4, 0.5) is 0 Å². The molecular weight excluding hydrogens is 388 g/mol. The van der Waals surface area contributed by atoms with Crippen molar-refractivity contribution in [2.45, 2.75) is 83.8 Å². The van der Waals surface area contributed by atoms with Crippen LogP contribution < -0.4 is 5.32 Å². The van der Waals surface area contributed by atoms with Gasteiger partial charge in [0.2, 0.25) is 5.91 Å². The van der Waals surface area contributed by atoms with Crippen LogP contribution in [0.5, 0.6) is 0 Å². The Bertz CT molecular complexity index is 626. The first-order valence-electron chi connectivity index (χ1n) is 12.7. The lowest BCUT2D eigenvalue weighted by Crippen LogP contribution is -2.31. The monoisotopic (exact) mass is 432 g/mol. The van der Waals surface area contributed by atoms with Gasteiger partial charge in [0.15, 0.2) is 0 Å². The molecule has 2 aliphatic carbocycles. The Morgan fingerprint density at radius 3 is 2.87 bits per heavy atom. The van der Waals surface area contributed by atoms with Gasteiger partial charge >= 0.3 is 0 Å². The van der Waals surface area contributed by atoms with Crippen LogP contribution in [-0.2, 0) is 4.79 Å². The standard InChI is InChI=1S/C26H44N2O3/c1-3-4-7-19(2)14-22(29)8-9-23-24-16-20(15-21(24)17-25(23)30)18-27-11-10-26(31)28-12-5-6-13-28/h8-9,15,19,21-25,27,29-30H,3-7,10-14,16-18H2,1-2H3/b9-8+/t19-,21-,22+,23+,24-,25+/m0/s1. The van der Waals surface area contributed by atoms with E-state index in [2.05, 4.69) is 31.3 Å². The van der Waals surface area contributed by atoms with Crippen molar-refractivity contribution >= 4 is 5.91 Å². The van der Waals surface area contributed by atoms with Crippen molar-refractivity contribution in [3.8, 4) is 0 Å². The van der Waals surface area contributed by atoms with E-state index in [0.717, 1.165) is 58.3 Å². The zero-order valence-electron chi connectivity index (χ0n) is 19.6. The Morgan fingerprint density at radius 1 is 1.35 bits per heavy atom. The van der Waals surface area contributed by atoms with Crippen molar-refractivity contribution in [3.63, 3.8) is 0 Å². The molecule has 6 atom stereocenters. The molecule has 0 unspecified atom stereocenters. The molecule has 0 aromatic carbocycles. The lowest BCUT2D eigenvalue weighted by atomic mass is 9.88. The van der Waals surface area contributed by atoms with Gasteiger partial charge in [0.1, 0.15) is 0 Å². The number of carbonyl (C=O) groups excluding carboxylic acids is 1. The number of allylic oxidation sites excluding steroid dienone is 1. The molecule has 1 aliphatic heterocycles. The number of carbonyl (C=O) groups is 1. The molecule has 3 N–H and O–H groups in total. The summed E-state index contributed by atoms with van der Waals surface area (Å²) in [5.74, 6) is 1.82. The van der Waals surface area contributed by atoms with E-state index in [9.17, 15) is 15.0 Å². The molecule has 176 valence electrons. The summed E-state index contributed by atoms with van der Waals surface area (Å²) in [6, 6.07) is 0. The molecule has 2 fully saturated rings. The molecule has 0 spiro atoms. The number of rotatable bonds is 12. The van der Waals surface area contributed by atoms with E-state index in [4.69, 9.17) is 0 Å². The molecule has 1 saturated heterocycles. The molecule has 1 saturated carbocycles. The van der Waals surface area contributed by atoms with Gasteiger partial charge in [0.05, 0.1) is 12.2 Å². The van der Waals surface area contributed by atoms with E-state index in [1.54, 1.807) is 0 Å². The highest BCUT2D eigenvalue weighted by molar-refractivity contribution is 5.76. The van der Waals surface area contributed by atoms with Gasteiger partial charge in [-0.25, -0.2) is 0 Å². The second-order valence-electron chi connectivity index (χ2n) is 10.2. The van der Waals surface area contributed by atoms with Gasteiger partial charge < -0.3 is 20.4 Å². The van der Waals surface area contributed by atoms with Gasteiger partial charge in [0.25, 0.3) is 0 Å². The second kappa shape index (κ2) is 12.2. The normalized spacial score (nSPS) is 30.1. The van der Waals surface area contributed by atoms with Crippen LogP contribution in [0.1, 0.15) is 71.6 Å². The third kappa shape index (κ3) is 7.16. The maximum absolute atomic E-state index is 12.1. The van der Waals surface area contributed by atoms with Crippen LogP contribution >= 0.6 is 0 Å². The van der Waals surface area contributed by atoms with E-state index in [0.29, 0.717) is 24.2 Å². The van der Waals surface area contributed by atoms with Gasteiger partial charge in [-0.1, -0.05) is 56.9 Å². The van der Waals surface area contributed by atoms with Crippen LogP contribution in [0, 0.1) is 23.7 Å². The lowest BCUT2D eigenvalue weighted by Gasteiger charge is -2.20. The van der Waals surface area contributed by atoms with Crippen molar-refractivity contribution in [1.29, 1.82) is 0 Å². The number of nitrogens with zero attached hydrogens (tertiary/aromatic N) is 1. The number of hydrogen-bond donors (Lipinski definition) is 3. The summed E-state index contributed by atoms with van der Waals surface area (Å²) in [7, 11) is 0. The molecule has 3 aliphatic rings. The minimum Gasteiger partial charge on any atom is -0.392 e. The van der Waals surface area contributed by atoms with Gasteiger partial charge in [-0.2, -0.15) is 0 Å². The summed E-state index contributed by atoms with van der Waals surface area (Å²) in [6.45, 7) is 7.84. The Morgan fingerprint density at radius 2 is 2.13 bits per heavy atom. The summed E-state index contributed by atoms with van der Waals surface area (Å²) in [4.78, 5) is 14.1. The molecule has 5 heteroatoms. The zero-order valence-corrected chi connectivity index (χ0v) is 19.6. The minimum atomic E-state index is -0.415. The largest absolute Gasteiger partial charge is 0.392 e. The van der Waals surface area contributed by atoms with Crippen LogP contribution in [0.25, 0.3) is 0 Å². The second-order valence-corrected chi connectivity index (χ2v) is 10.2. The maximum atomic E-state index is 12.1. The van der Waals surface area contributed by atoms with Gasteiger partial charge in [-0.15, -0.1) is 0 Å². The third-order valence-electron chi connectivity index (χ3n) is 7.53. The first kappa shape index (κ1) is 24.5. The minimum absolute atomic E-state index is 0.135. The third-order valence-corrected chi connectivity index (χ3v) is 7.53. The number of aliphatic hydroxyl groups excluding tert-OH is 2. The molecule has 31 heavy (non-hydrogen) atoms. The first-order valence-corrected chi connectivity index (χ1v) is 12.7. The number of aliphatic hydroxyl groups is 2. The predicted octanol–water partition coefficient (Wildman–Crippen LogP) is 3.67. The van der Waals surface area contributed by atoms with E-state index in [1.165, 1.54) is 24.8 Å². The summed E-state index contributed by atoms with van der Waals surface area (Å²) in [5.41, 5.74) is 1.41. The van der Waals surface area contributed by atoms with Gasteiger partial charge in [0, 0.05) is 38.5 Å². The van der Waals surface area contributed by atoms with Crippen LogP contribution in [0.2, 0.25) is 0 Å². The van der Waals surface area contributed by atoms with E-state index >= 15 is 0 Å². The molecular formula is C26H44N2O3. The van der Waals surface area contributed by atoms with Gasteiger partial charge in [-0.05, 0) is 49.9 Å². The maximum Gasteiger partial charge on any atom is 0.223 e. The molecule has 5 nitrogen and oxygen atoms in total. The summed E-state index contributed by atoms with van der Waals surface area (Å²) in [6.07, 6.45) is 14.7. The number of hydrogen-bond acceptors (Lipinski definition) is 4. The Balaban J connectivity index is 1.38. The Hall–Kier alpha value is -1.17. The molecule has 0 radical (unpaired) electrons. The number of amides is 1. The van der Waals surface area contributed by atoms with Crippen molar-refractivity contribution < 1.29 is 15.0 Å². The van der Waals surface area contributed by atoms with E-state index < -0.39 is 6.10 Å². The number of unbranched alkanes of at least 4 members (excludes halogenated alkanes) is 1. The highest BCUT2D eigenvalue weighted by atomic mass is 16.3. The fourth-order valence-corrected chi connectivity index (χ4v) is 5.72. The molecule has 0 aromatic rings. The average molecular weight is 433 g/mol. The molecule has 0 bridgehead atoms. The zero-order chi connectivity index (χ0) is 22.2. The van der Waals surface area contributed by atoms with Gasteiger partial charge in [-0.3, -0.25) is 4.79 Å². The lowest BCUT2D eigenvalue weighted by molar-refractivity contribution is -0.130. The fourth-order valence-electron chi connectivity index (χ4n) is 5.72. The number of fused-ring (bicyclic) bond motifs is 1. The van der Waals surface area contributed by atoms with Crippen LogP contribution in [0.3, 0.4) is 0 Å². The SMILES string of the molecule is CCCC[C@H](C)C[C@H](O)/C=C/[C@@H]1[C@H]2CC(CNCCC(=O)N3CCCC3)=C[C@H]2C[C@H]1O. The highest BCUT2D eigenvalue weighted by Crippen LogP contribution is 2.47. The van der Waals surface area contributed by atoms with Crippen LogP contribution in [-0.4, -0.2) is 59.4 Å². The first-order chi connectivity index (χ1) is 15.0. The fraction of sp³-hybridized carbons (Fsp3) is 0.808.